The molecule has 2 aromatic heterocycles. The van der Waals surface area contributed by atoms with Gasteiger partial charge in [-0.15, -0.1) is 0 Å². The average molecular weight is 474 g/mol. The van der Waals surface area contributed by atoms with Crippen LogP contribution in [0, 0.1) is 6.92 Å². The number of nitrogens with zero attached hydrogens (tertiary/aromatic N) is 4. The van der Waals surface area contributed by atoms with Crippen LogP contribution in [0.15, 0.2) is 76.4 Å². The molecule has 0 bridgehead atoms. The van der Waals surface area contributed by atoms with E-state index >= 15 is 0 Å². The molecule has 0 spiro atoms. The van der Waals surface area contributed by atoms with Gasteiger partial charge in [0.1, 0.15) is 11.5 Å². The van der Waals surface area contributed by atoms with Gasteiger partial charge in [0.05, 0.1) is 27.3 Å². The molecule has 0 aliphatic heterocycles. The maximum atomic E-state index is 13.5. The highest BCUT2D eigenvalue weighted by molar-refractivity contribution is 5.32. The van der Waals surface area contributed by atoms with Gasteiger partial charge in [0.25, 0.3) is 0 Å². The number of hydrogen-bond acceptors (Lipinski definition) is 7. The second-order valence-corrected chi connectivity index (χ2v) is 8.03. The fourth-order valence-corrected chi connectivity index (χ4v) is 3.55. The van der Waals surface area contributed by atoms with Gasteiger partial charge in [-0.2, -0.15) is 4.98 Å². The van der Waals surface area contributed by atoms with Gasteiger partial charge >= 0.3 is 11.4 Å². The molecule has 2 heterocycles. The number of nitrogens with one attached hydrogen (secondary N) is 1. The summed E-state index contributed by atoms with van der Waals surface area (Å²) in [4.78, 5) is 34.9. The van der Waals surface area contributed by atoms with Crippen molar-refractivity contribution in [2.24, 2.45) is 0 Å². The maximum Gasteiger partial charge on any atom is 0.355 e. The molecular weight excluding hydrogens is 446 g/mol. The monoisotopic (exact) mass is 473 g/mol. The summed E-state index contributed by atoms with van der Waals surface area (Å²) in [6.07, 6.45) is 1.75. The predicted octanol–water partition coefficient (Wildman–Crippen LogP) is 2.83. The molecule has 0 fully saturated rings. The van der Waals surface area contributed by atoms with Crippen LogP contribution in [0.1, 0.15) is 22.4 Å². The fourth-order valence-electron chi connectivity index (χ4n) is 3.55. The van der Waals surface area contributed by atoms with Gasteiger partial charge in [-0.1, -0.05) is 30.3 Å². The van der Waals surface area contributed by atoms with Gasteiger partial charge < -0.3 is 14.8 Å². The molecule has 180 valence electrons. The number of benzene rings is 2. The zero-order valence-corrected chi connectivity index (χ0v) is 19.9. The Kier molecular flexibility index (Phi) is 7.25. The number of aryl methyl sites for hydroxylation is 1. The summed E-state index contributed by atoms with van der Waals surface area (Å²) >= 11 is 0. The molecule has 9 nitrogen and oxygen atoms in total. The summed E-state index contributed by atoms with van der Waals surface area (Å²) < 4.78 is 13.0. The third-order valence-electron chi connectivity index (χ3n) is 5.57. The zero-order chi connectivity index (χ0) is 24.8. The Labute approximate surface area is 202 Å². The van der Waals surface area contributed by atoms with E-state index in [2.05, 4.69) is 15.3 Å². The summed E-state index contributed by atoms with van der Waals surface area (Å²) in [6.45, 7) is 2.60. The van der Waals surface area contributed by atoms with Gasteiger partial charge in [-0.05, 0) is 53.9 Å². The highest BCUT2D eigenvalue weighted by atomic mass is 16.5. The number of rotatable bonds is 9. The lowest BCUT2D eigenvalue weighted by Gasteiger charge is -2.16. The van der Waals surface area contributed by atoms with Crippen LogP contribution < -0.4 is 26.2 Å². The summed E-state index contributed by atoms with van der Waals surface area (Å²) in [7, 11) is 3.18. The lowest BCUT2D eigenvalue weighted by Crippen LogP contribution is -2.43. The number of anilines is 1. The van der Waals surface area contributed by atoms with E-state index in [-0.39, 0.29) is 19.0 Å². The number of pyridine rings is 1. The fraction of sp³-hybridized carbons (Fsp3) is 0.231. The molecule has 0 saturated carbocycles. The molecular formula is C26H27N5O4. The van der Waals surface area contributed by atoms with Crippen molar-refractivity contribution in [2.45, 2.75) is 26.6 Å². The zero-order valence-electron chi connectivity index (χ0n) is 19.9. The Morgan fingerprint density at radius 2 is 1.31 bits per heavy atom. The Balaban J connectivity index is 1.69. The maximum absolute atomic E-state index is 13.5. The van der Waals surface area contributed by atoms with Crippen molar-refractivity contribution in [3.05, 3.63) is 110 Å². The lowest BCUT2D eigenvalue weighted by atomic mass is 10.2. The van der Waals surface area contributed by atoms with E-state index in [0.29, 0.717) is 18.0 Å². The van der Waals surface area contributed by atoms with Crippen LogP contribution in [0.25, 0.3) is 0 Å². The molecule has 0 atom stereocenters. The van der Waals surface area contributed by atoms with E-state index in [0.717, 1.165) is 27.0 Å². The number of hydrogen-bond donors (Lipinski definition) is 1. The van der Waals surface area contributed by atoms with E-state index in [1.54, 1.807) is 32.5 Å². The first-order valence-corrected chi connectivity index (χ1v) is 11.1. The van der Waals surface area contributed by atoms with Crippen molar-refractivity contribution in [3.8, 4) is 11.5 Å². The third kappa shape index (κ3) is 5.75. The second kappa shape index (κ2) is 10.7. The van der Waals surface area contributed by atoms with Crippen LogP contribution in [0.2, 0.25) is 0 Å². The Bertz CT molecular complexity index is 1390. The summed E-state index contributed by atoms with van der Waals surface area (Å²) in [5.74, 6) is 1.61. The highest BCUT2D eigenvalue weighted by Crippen LogP contribution is 2.14. The van der Waals surface area contributed by atoms with Gasteiger partial charge in [0.2, 0.25) is 5.95 Å². The standard InChI is InChI=1S/C26H27N5O4/c1-18-4-5-21(14-27-18)15-28-24-29-25(32)31(17-20-8-12-23(35-3)13-9-20)26(33)30(24)16-19-6-10-22(34-2)11-7-19/h4-14H,15-17H2,1-3H3,(H,28,29,32). The van der Waals surface area contributed by atoms with Crippen LogP contribution in [-0.4, -0.2) is 33.3 Å². The van der Waals surface area contributed by atoms with Crippen LogP contribution in [0.4, 0.5) is 5.95 Å². The van der Waals surface area contributed by atoms with Gasteiger partial charge in [-0.3, -0.25) is 9.55 Å². The average Bonchev–Trinajstić information content (AvgIpc) is 2.89. The minimum absolute atomic E-state index is 0.0967. The van der Waals surface area contributed by atoms with Crippen molar-refractivity contribution in [2.75, 3.05) is 19.5 Å². The van der Waals surface area contributed by atoms with Crippen LogP contribution in [0.3, 0.4) is 0 Å². The molecule has 35 heavy (non-hydrogen) atoms. The lowest BCUT2D eigenvalue weighted by molar-refractivity contribution is 0.414. The van der Waals surface area contributed by atoms with E-state index < -0.39 is 11.4 Å². The van der Waals surface area contributed by atoms with Gasteiger partial charge in [-0.25, -0.2) is 14.2 Å². The van der Waals surface area contributed by atoms with E-state index in [1.807, 2.05) is 55.5 Å². The topological polar surface area (TPSA) is 100 Å². The van der Waals surface area contributed by atoms with Crippen molar-refractivity contribution < 1.29 is 9.47 Å². The Morgan fingerprint density at radius 3 is 1.83 bits per heavy atom. The minimum Gasteiger partial charge on any atom is -0.497 e. The molecule has 0 saturated heterocycles. The first-order valence-electron chi connectivity index (χ1n) is 11.1. The van der Waals surface area contributed by atoms with Crippen molar-refractivity contribution in [1.82, 2.24) is 19.1 Å². The SMILES string of the molecule is COc1ccc(Cn2c(NCc3ccc(C)nc3)nc(=O)n(Cc3ccc(OC)cc3)c2=O)cc1. The molecule has 0 radical (unpaired) electrons. The summed E-state index contributed by atoms with van der Waals surface area (Å²) in [5.41, 5.74) is 2.38. The minimum atomic E-state index is -0.624. The third-order valence-corrected chi connectivity index (χ3v) is 5.57. The van der Waals surface area contributed by atoms with E-state index in [9.17, 15) is 9.59 Å². The molecule has 0 aliphatic rings. The van der Waals surface area contributed by atoms with E-state index in [1.165, 1.54) is 4.57 Å². The van der Waals surface area contributed by atoms with Crippen LogP contribution >= 0.6 is 0 Å². The molecule has 0 unspecified atom stereocenters. The smallest absolute Gasteiger partial charge is 0.355 e. The molecule has 0 aliphatic carbocycles. The van der Waals surface area contributed by atoms with E-state index in [4.69, 9.17) is 9.47 Å². The molecule has 1 N–H and O–H groups in total. The molecule has 4 aromatic rings. The summed E-state index contributed by atoms with van der Waals surface area (Å²) in [6, 6.07) is 18.4. The summed E-state index contributed by atoms with van der Waals surface area (Å²) in [5, 5.41) is 3.14. The highest BCUT2D eigenvalue weighted by Gasteiger charge is 2.14. The second-order valence-electron chi connectivity index (χ2n) is 8.03. The van der Waals surface area contributed by atoms with Crippen molar-refractivity contribution in [1.29, 1.82) is 0 Å². The number of aromatic nitrogens is 4. The Hall–Kier alpha value is -4.40. The Morgan fingerprint density at radius 1 is 0.771 bits per heavy atom. The molecule has 2 aromatic carbocycles. The number of methoxy groups -OCH3 is 2. The van der Waals surface area contributed by atoms with Crippen molar-refractivity contribution >= 4 is 5.95 Å². The normalized spacial score (nSPS) is 10.7. The van der Waals surface area contributed by atoms with Crippen LogP contribution in [0.5, 0.6) is 11.5 Å². The largest absolute Gasteiger partial charge is 0.497 e. The van der Waals surface area contributed by atoms with Gasteiger partial charge in [0, 0.05) is 18.4 Å². The van der Waals surface area contributed by atoms with Crippen LogP contribution in [-0.2, 0) is 19.6 Å². The van der Waals surface area contributed by atoms with Crippen molar-refractivity contribution in [3.63, 3.8) is 0 Å². The molecule has 9 heteroatoms. The quantitative estimate of drug-likeness (QED) is 0.399. The van der Waals surface area contributed by atoms with Gasteiger partial charge in [0.15, 0.2) is 0 Å². The molecule has 0 amide bonds. The first-order chi connectivity index (χ1) is 17.0. The number of ether oxygens (including phenoxy) is 2. The first kappa shape index (κ1) is 23.7. The predicted molar refractivity (Wildman–Crippen MR) is 133 cm³/mol. The molecule has 4 rings (SSSR count).